The molecule has 0 radical (unpaired) electrons. The highest BCUT2D eigenvalue weighted by Gasteiger charge is 2.24. The second-order valence-electron chi connectivity index (χ2n) is 3.22. The number of rotatable bonds is 4. The van der Waals surface area contributed by atoms with E-state index in [0.29, 0.717) is 6.42 Å². The number of carbonyl (C=O) groups excluding carboxylic acids is 1. The van der Waals surface area contributed by atoms with Crippen molar-refractivity contribution in [3.8, 4) is 0 Å². The molecule has 0 fully saturated rings. The lowest BCUT2D eigenvalue weighted by Crippen LogP contribution is -2.28. The highest BCUT2D eigenvalue weighted by molar-refractivity contribution is 7.14. The van der Waals surface area contributed by atoms with E-state index in [1.54, 1.807) is 6.92 Å². The van der Waals surface area contributed by atoms with E-state index in [9.17, 15) is 9.59 Å². The standard InChI is InChI=1S/C10H13NO3S/c1-3-7(10(13)14)8(12)11-9-6(2)4-5-15-9/h4-5,7H,3H2,1-2H3,(H,11,12)(H,13,14). The Balaban J connectivity index is 2.70. The van der Waals surface area contributed by atoms with E-state index in [2.05, 4.69) is 5.32 Å². The molecule has 1 atom stereocenters. The lowest BCUT2D eigenvalue weighted by Gasteiger charge is -2.09. The molecule has 1 amide bonds. The lowest BCUT2D eigenvalue weighted by atomic mass is 10.1. The van der Waals surface area contributed by atoms with Crippen LogP contribution >= 0.6 is 11.3 Å². The van der Waals surface area contributed by atoms with Gasteiger partial charge in [0.25, 0.3) is 0 Å². The van der Waals surface area contributed by atoms with Crippen LogP contribution in [0.1, 0.15) is 18.9 Å². The van der Waals surface area contributed by atoms with Crippen LogP contribution in [-0.2, 0) is 9.59 Å². The highest BCUT2D eigenvalue weighted by Crippen LogP contribution is 2.22. The summed E-state index contributed by atoms with van der Waals surface area (Å²) in [4.78, 5) is 22.3. The van der Waals surface area contributed by atoms with E-state index < -0.39 is 17.8 Å². The van der Waals surface area contributed by atoms with Crippen LogP contribution in [0, 0.1) is 12.8 Å². The average molecular weight is 227 g/mol. The summed E-state index contributed by atoms with van der Waals surface area (Å²) in [7, 11) is 0. The fraction of sp³-hybridized carbons (Fsp3) is 0.400. The third kappa shape index (κ3) is 2.79. The summed E-state index contributed by atoms with van der Waals surface area (Å²) in [6.07, 6.45) is 0.297. The molecular formula is C10H13NO3S. The molecule has 0 bridgehead atoms. The smallest absolute Gasteiger partial charge is 0.316 e. The molecule has 1 aromatic heterocycles. The molecule has 1 unspecified atom stereocenters. The molecule has 0 aliphatic carbocycles. The number of nitrogens with one attached hydrogen (secondary N) is 1. The van der Waals surface area contributed by atoms with Crippen LogP contribution in [-0.4, -0.2) is 17.0 Å². The Bertz CT molecular complexity index is 372. The number of hydrogen-bond acceptors (Lipinski definition) is 3. The Hall–Kier alpha value is -1.36. The van der Waals surface area contributed by atoms with E-state index in [1.807, 2.05) is 18.4 Å². The third-order valence-electron chi connectivity index (χ3n) is 2.12. The monoisotopic (exact) mass is 227 g/mol. The number of carbonyl (C=O) groups is 2. The topological polar surface area (TPSA) is 66.4 Å². The second kappa shape index (κ2) is 4.93. The van der Waals surface area contributed by atoms with Crippen molar-refractivity contribution in [2.24, 2.45) is 5.92 Å². The van der Waals surface area contributed by atoms with Gasteiger partial charge in [0.1, 0.15) is 5.92 Å². The maximum atomic E-state index is 11.6. The molecule has 2 N–H and O–H groups in total. The number of aliphatic carboxylic acids is 1. The summed E-state index contributed by atoms with van der Waals surface area (Å²) in [6.45, 7) is 3.55. The van der Waals surface area contributed by atoms with Gasteiger partial charge in [0.15, 0.2) is 0 Å². The minimum atomic E-state index is -1.08. The molecule has 1 aromatic rings. The first-order valence-electron chi connectivity index (χ1n) is 4.64. The summed E-state index contributed by atoms with van der Waals surface area (Å²) >= 11 is 1.39. The zero-order valence-electron chi connectivity index (χ0n) is 8.61. The zero-order chi connectivity index (χ0) is 11.4. The SMILES string of the molecule is CCC(C(=O)O)C(=O)Nc1sccc1C. The minimum absolute atomic E-state index is 0.297. The van der Waals surface area contributed by atoms with Gasteiger partial charge in [-0.2, -0.15) is 0 Å². The molecule has 0 saturated carbocycles. The summed E-state index contributed by atoms with van der Waals surface area (Å²) in [5.41, 5.74) is 0.952. The first-order valence-corrected chi connectivity index (χ1v) is 5.52. The predicted molar refractivity (Wildman–Crippen MR) is 59.1 cm³/mol. The minimum Gasteiger partial charge on any atom is -0.481 e. The van der Waals surface area contributed by atoms with Gasteiger partial charge in [-0.3, -0.25) is 9.59 Å². The first-order chi connectivity index (χ1) is 7.06. The van der Waals surface area contributed by atoms with Crippen molar-refractivity contribution in [3.63, 3.8) is 0 Å². The van der Waals surface area contributed by atoms with Gasteiger partial charge in [-0.1, -0.05) is 6.92 Å². The first kappa shape index (κ1) is 11.7. The molecule has 4 nitrogen and oxygen atoms in total. The molecular weight excluding hydrogens is 214 g/mol. The van der Waals surface area contributed by atoms with Gasteiger partial charge in [-0.15, -0.1) is 11.3 Å². The number of aryl methyl sites for hydroxylation is 1. The van der Waals surface area contributed by atoms with Gasteiger partial charge < -0.3 is 10.4 Å². The van der Waals surface area contributed by atoms with Crippen LogP contribution in [0.4, 0.5) is 5.00 Å². The van der Waals surface area contributed by atoms with Crippen LogP contribution in [0.2, 0.25) is 0 Å². The maximum Gasteiger partial charge on any atom is 0.316 e. The molecule has 1 rings (SSSR count). The van der Waals surface area contributed by atoms with Gasteiger partial charge in [0, 0.05) is 0 Å². The van der Waals surface area contributed by atoms with Crippen LogP contribution < -0.4 is 5.32 Å². The van der Waals surface area contributed by atoms with Crippen LogP contribution in [0.5, 0.6) is 0 Å². The van der Waals surface area contributed by atoms with Crippen molar-refractivity contribution in [3.05, 3.63) is 17.0 Å². The van der Waals surface area contributed by atoms with E-state index in [-0.39, 0.29) is 0 Å². The second-order valence-corrected chi connectivity index (χ2v) is 4.14. The normalized spacial score (nSPS) is 12.1. The van der Waals surface area contributed by atoms with Gasteiger partial charge in [-0.05, 0) is 30.4 Å². The van der Waals surface area contributed by atoms with Crippen LogP contribution in [0.3, 0.4) is 0 Å². The van der Waals surface area contributed by atoms with Gasteiger partial charge >= 0.3 is 5.97 Å². The molecule has 5 heteroatoms. The Morgan fingerprint density at radius 3 is 2.67 bits per heavy atom. The van der Waals surface area contributed by atoms with Gasteiger partial charge in [0.2, 0.25) is 5.91 Å². The number of carboxylic acids is 1. The van der Waals surface area contributed by atoms with E-state index in [1.165, 1.54) is 11.3 Å². The van der Waals surface area contributed by atoms with E-state index in [4.69, 9.17) is 5.11 Å². The Labute approximate surface area is 91.9 Å². The zero-order valence-corrected chi connectivity index (χ0v) is 9.43. The number of amides is 1. The van der Waals surface area contributed by atoms with Crippen molar-refractivity contribution in [1.82, 2.24) is 0 Å². The number of hydrogen-bond donors (Lipinski definition) is 2. The summed E-state index contributed by atoms with van der Waals surface area (Å²) < 4.78 is 0. The van der Waals surface area contributed by atoms with Crippen LogP contribution in [0.15, 0.2) is 11.4 Å². The van der Waals surface area contributed by atoms with Crippen molar-refractivity contribution < 1.29 is 14.7 Å². The van der Waals surface area contributed by atoms with Crippen molar-refractivity contribution >= 4 is 28.2 Å². The number of carboxylic acid groups (broad SMARTS) is 1. The number of anilines is 1. The molecule has 82 valence electrons. The van der Waals surface area contributed by atoms with Crippen LogP contribution in [0.25, 0.3) is 0 Å². The lowest BCUT2D eigenvalue weighted by molar-refractivity contribution is -0.145. The van der Waals surface area contributed by atoms with E-state index >= 15 is 0 Å². The summed E-state index contributed by atoms with van der Waals surface area (Å²) in [6, 6.07) is 1.88. The quantitative estimate of drug-likeness (QED) is 0.774. The number of thiophene rings is 1. The predicted octanol–water partition coefficient (Wildman–Crippen LogP) is 2.11. The fourth-order valence-electron chi connectivity index (χ4n) is 1.17. The Kier molecular flexibility index (Phi) is 3.85. The van der Waals surface area contributed by atoms with Gasteiger partial charge in [-0.25, -0.2) is 0 Å². The maximum absolute atomic E-state index is 11.6. The molecule has 1 heterocycles. The Morgan fingerprint density at radius 1 is 1.60 bits per heavy atom. The van der Waals surface area contributed by atoms with E-state index in [0.717, 1.165) is 10.6 Å². The van der Waals surface area contributed by atoms with Crippen molar-refractivity contribution in [2.75, 3.05) is 5.32 Å². The molecule has 15 heavy (non-hydrogen) atoms. The van der Waals surface area contributed by atoms with Gasteiger partial charge in [0.05, 0.1) is 5.00 Å². The molecule has 0 aromatic carbocycles. The third-order valence-corrected chi connectivity index (χ3v) is 3.05. The average Bonchev–Trinajstić information content (AvgIpc) is 2.52. The summed E-state index contributed by atoms with van der Waals surface area (Å²) in [5.74, 6) is -2.49. The molecule has 0 spiro atoms. The molecule has 0 aliphatic heterocycles. The molecule has 0 saturated heterocycles. The van der Waals surface area contributed by atoms with Crippen molar-refractivity contribution in [1.29, 1.82) is 0 Å². The fourth-order valence-corrected chi connectivity index (χ4v) is 1.99. The van der Waals surface area contributed by atoms with Crippen molar-refractivity contribution in [2.45, 2.75) is 20.3 Å². The largest absolute Gasteiger partial charge is 0.481 e. The highest BCUT2D eigenvalue weighted by atomic mass is 32.1. The molecule has 0 aliphatic rings. The Morgan fingerprint density at radius 2 is 2.27 bits per heavy atom. The summed E-state index contributed by atoms with van der Waals surface area (Å²) in [5, 5.41) is 14.0.